The minimum atomic E-state index is 0.300. The Labute approximate surface area is 124 Å². The van der Waals surface area contributed by atoms with E-state index in [9.17, 15) is 0 Å². The van der Waals surface area contributed by atoms with Crippen molar-refractivity contribution in [1.29, 1.82) is 0 Å². The molecule has 4 nitrogen and oxygen atoms in total. The number of hydrogen-bond acceptors (Lipinski definition) is 3. The molecule has 0 aromatic carbocycles. The minimum Gasteiger partial charge on any atom is -0.378 e. The molecule has 0 bridgehead atoms. The van der Waals surface area contributed by atoms with Gasteiger partial charge in [-0.1, -0.05) is 6.92 Å². The summed E-state index contributed by atoms with van der Waals surface area (Å²) in [6.07, 6.45) is 3.37. The monoisotopic (exact) mass is 329 g/mol. The molecule has 1 aliphatic rings. The second-order valence-corrected chi connectivity index (χ2v) is 6.45. The summed E-state index contributed by atoms with van der Waals surface area (Å²) < 4.78 is 8.95. The molecule has 5 heteroatoms. The van der Waals surface area contributed by atoms with Crippen molar-refractivity contribution in [2.24, 2.45) is 5.92 Å². The highest BCUT2D eigenvalue weighted by Crippen LogP contribution is 2.36. The highest BCUT2D eigenvalue weighted by Gasteiger charge is 2.33. The lowest BCUT2D eigenvalue weighted by Crippen LogP contribution is -2.31. The van der Waals surface area contributed by atoms with Crippen LogP contribution < -0.4 is 5.32 Å². The van der Waals surface area contributed by atoms with Gasteiger partial charge < -0.3 is 10.1 Å². The van der Waals surface area contributed by atoms with Gasteiger partial charge in [-0.15, -0.1) is 0 Å². The first kappa shape index (κ1) is 15.0. The van der Waals surface area contributed by atoms with E-state index in [4.69, 9.17) is 4.74 Å². The van der Waals surface area contributed by atoms with E-state index in [1.165, 1.54) is 5.69 Å². The highest BCUT2D eigenvalue weighted by atomic mass is 79.9. The van der Waals surface area contributed by atoms with E-state index in [1.54, 1.807) is 0 Å². The fourth-order valence-corrected chi connectivity index (χ4v) is 3.36. The summed E-state index contributed by atoms with van der Waals surface area (Å²) in [7, 11) is 0. The SMILES string of the molecule is CCNC(c1c(Br)cnn1C(C)C)C1COC(C)C1. The summed E-state index contributed by atoms with van der Waals surface area (Å²) in [5.41, 5.74) is 1.25. The molecular weight excluding hydrogens is 306 g/mol. The van der Waals surface area contributed by atoms with Crippen molar-refractivity contribution in [2.75, 3.05) is 13.2 Å². The highest BCUT2D eigenvalue weighted by molar-refractivity contribution is 9.10. The summed E-state index contributed by atoms with van der Waals surface area (Å²) in [5.74, 6) is 0.514. The van der Waals surface area contributed by atoms with Gasteiger partial charge in [0.15, 0.2) is 0 Å². The minimum absolute atomic E-state index is 0.300. The number of hydrogen-bond donors (Lipinski definition) is 1. The van der Waals surface area contributed by atoms with Gasteiger partial charge >= 0.3 is 0 Å². The molecular formula is C14H24BrN3O. The molecule has 2 rings (SSSR count). The van der Waals surface area contributed by atoms with Crippen molar-refractivity contribution >= 4 is 15.9 Å². The molecule has 19 heavy (non-hydrogen) atoms. The fourth-order valence-electron chi connectivity index (χ4n) is 2.84. The Kier molecular flexibility index (Phi) is 5.03. The van der Waals surface area contributed by atoms with Gasteiger partial charge in [-0.25, -0.2) is 0 Å². The molecule has 0 aliphatic carbocycles. The van der Waals surface area contributed by atoms with Crippen LogP contribution >= 0.6 is 15.9 Å². The summed E-state index contributed by atoms with van der Waals surface area (Å²) in [6.45, 7) is 10.4. The van der Waals surface area contributed by atoms with Crippen molar-refractivity contribution in [3.05, 3.63) is 16.4 Å². The molecule has 0 spiro atoms. The van der Waals surface area contributed by atoms with Crippen LogP contribution in [0.4, 0.5) is 0 Å². The zero-order valence-electron chi connectivity index (χ0n) is 12.2. The van der Waals surface area contributed by atoms with Gasteiger partial charge in [-0.3, -0.25) is 4.68 Å². The lowest BCUT2D eigenvalue weighted by Gasteiger charge is -2.26. The average Bonchev–Trinajstić information content (AvgIpc) is 2.93. The van der Waals surface area contributed by atoms with E-state index in [1.807, 2.05) is 6.20 Å². The Morgan fingerprint density at radius 3 is 2.84 bits per heavy atom. The number of nitrogens with zero attached hydrogens (tertiary/aromatic N) is 2. The van der Waals surface area contributed by atoms with Crippen LogP contribution in [0.5, 0.6) is 0 Å². The molecule has 2 heterocycles. The van der Waals surface area contributed by atoms with E-state index in [2.05, 4.69) is 58.7 Å². The summed E-state index contributed by atoms with van der Waals surface area (Å²) in [4.78, 5) is 0. The van der Waals surface area contributed by atoms with Crippen LogP contribution in [-0.4, -0.2) is 29.0 Å². The van der Waals surface area contributed by atoms with Crippen molar-refractivity contribution in [3.8, 4) is 0 Å². The summed E-state index contributed by atoms with van der Waals surface area (Å²) in [6, 6.07) is 0.663. The molecule has 3 unspecified atom stereocenters. The van der Waals surface area contributed by atoms with E-state index in [0.29, 0.717) is 24.1 Å². The second-order valence-electron chi connectivity index (χ2n) is 5.59. The van der Waals surface area contributed by atoms with Crippen molar-refractivity contribution in [1.82, 2.24) is 15.1 Å². The van der Waals surface area contributed by atoms with Gasteiger partial charge in [0, 0.05) is 12.0 Å². The first-order valence-corrected chi connectivity index (χ1v) is 7.91. The van der Waals surface area contributed by atoms with Gasteiger partial charge in [0.1, 0.15) is 0 Å². The first-order valence-electron chi connectivity index (χ1n) is 7.12. The van der Waals surface area contributed by atoms with Gasteiger partial charge in [0.2, 0.25) is 0 Å². The Balaban J connectivity index is 2.30. The van der Waals surface area contributed by atoms with Gasteiger partial charge in [-0.2, -0.15) is 5.10 Å². The molecule has 3 atom stereocenters. The van der Waals surface area contributed by atoms with E-state index in [-0.39, 0.29) is 0 Å². The second kappa shape index (κ2) is 6.37. The first-order chi connectivity index (χ1) is 9.04. The third-order valence-corrected chi connectivity index (χ3v) is 4.31. The topological polar surface area (TPSA) is 39.1 Å². The standard InChI is InChI=1S/C14H24BrN3O/c1-5-16-13(11-6-10(4)19-8-11)14-12(15)7-17-18(14)9(2)3/h7,9-11,13,16H,5-6,8H2,1-4H3. The Bertz CT molecular complexity index is 419. The van der Waals surface area contributed by atoms with Crippen LogP contribution in [-0.2, 0) is 4.74 Å². The molecule has 1 fully saturated rings. The molecule has 0 amide bonds. The number of aromatic nitrogens is 2. The largest absolute Gasteiger partial charge is 0.378 e. The maximum absolute atomic E-state index is 5.75. The lowest BCUT2D eigenvalue weighted by molar-refractivity contribution is 0.116. The van der Waals surface area contributed by atoms with Gasteiger partial charge in [-0.05, 0) is 49.7 Å². The third-order valence-electron chi connectivity index (χ3n) is 3.70. The quantitative estimate of drug-likeness (QED) is 0.900. The van der Waals surface area contributed by atoms with E-state index < -0.39 is 0 Å². The van der Waals surface area contributed by atoms with Crippen LogP contribution in [0.25, 0.3) is 0 Å². The third kappa shape index (κ3) is 3.20. The molecule has 1 N–H and O–H groups in total. The molecule has 108 valence electrons. The predicted molar refractivity (Wildman–Crippen MR) is 80.3 cm³/mol. The Morgan fingerprint density at radius 1 is 1.58 bits per heavy atom. The zero-order valence-corrected chi connectivity index (χ0v) is 13.8. The molecule has 0 saturated carbocycles. The number of nitrogens with one attached hydrogen (secondary N) is 1. The smallest absolute Gasteiger partial charge is 0.0702 e. The molecule has 1 aromatic heterocycles. The van der Waals surface area contributed by atoms with Crippen molar-refractivity contribution < 1.29 is 4.74 Å². The van der Waals surface area contributed by atoms with Crippen LogP contribution in [0, 0.1) is 5.92 Å². The van der Waals surface area contributed by atoms with Crippen molar-refractivity contribution in [2.45, 2.75) is 52.3 Å². The zero-order chi connectivity index (χ0) is 14.0. The Morgan fingerprint density at radius 2 is 2.32 bits per heavy atom. The number of halogens is 1. The summed E-state index contributed by atoms with van der Waals surface area (Å²) >= 11 is 3.65. The lowest BCUT2D eigenvalue weighted by atomic mass is 9.94. The van der Waals surface area contributed by atoms with Crippen LogP contribution in [0.1, 0.15) is 51.9 Å². The van der Waals surface area contributed by atoms with Gasteiger partial charge in [0.25, 0.3) is 0 Å². The normalized spacial score (nSPS) is 25.2. The maximum atomic E-state index is 5.75. The molecule has 1 aliphatic heterocycles. The van der Waals surface area contributed by atoms with E-state index in [0.717, 1.165) is 24.0 Å². The predicted octanol–water partition coefficient (Wildman–Crippen LogP) is 3.30. The fraction of sp³-hybridized carbons (Fsp3) is 0.786. The van der Waals surface area contributed by atoms with Crippen LogP contribution in [0.3, 0.4) is 0 Å². The average molecular weight is 330 g/mol. The van der Waals surface area contributed by atoms with E-state index >= 15 is 0 Å². The number of ether oxygens (including phenoxy) is 1. The van der Waals surface area contributed by atoms with Crippen LogP contribution in [0.2, 0.25) is 0 Å². The molecule has 1 saturated heterocycles. The van der Waals surface area contributed by atoms with Crippen LogP contribution in [0.15, 0.2) is 10.7 Å². The van der Waals surface area contributed by atoms with Gasteiger partial charge in [0.05, 0.1) is 35.1 Å². The molecule has 1 aromatic rings. The molecule has 0 radical (unpaired) electrons. The number of rotatable bonds is 5. The summed E-state index contributed by atoms with van der Waals surface area (Å²) in [5, 5.41) is 8.11. The van der Waals surface area contributed by atoms with Crippen molar-refractivity contribution in [3.63, 3.8) is 0 Å². The Hall–Kier alpha value is -0.390. The maximum Gasteiger partial charge on any atom is 0.0702 e.